The summed E-state index contributed by atoms with van der Waals surface area (Å²) in [5.41, 5.74) is 8.03. The standard InChI is InChI=1S/C13H14N4/c1-2-11(15)10-5-3-4-6-12(10)17-8-7-16-13(17)9-14/h3-8,11H,2,15H2,1H3/t11-/m1/s1. The van der Waals surface area contributed by atoms with E-state index in [9.17, 15) is 0 Å². The van der Waals surface area contributed by atoms with Crippen molar-refractivity contribution in [1.82, 2.24) is 9.55 Å². The minimum Gasteiger partial charge on any atom is -0.324 e. The van der Waals surface area contributed by atoms with Gasteiger partial charge < -0.3 is 5.73 Å². The number of hydrogen-bond acceptors (Lipinski definition) is 3. The molecule has 0 bridgehead atoms. The first-order chi connectivity index (χ1) is 8.27. The van der Waals surface area contributed by atoms with E-state index in [1.807, 2.05) is 31.2 Å². The lowest BCUT2D eigenvalue weighted by atomic mass is 10.0. The Labute approximate surface area is 100 Å². The Bertz CT molecular complexity index is 551. The van der Waals surface area contributed by atoms with Gasteiger partial charge in [-0.25, -0.2) is 4.98 Å². The van der Waals surface area contributed by atoms with Crippen LogP contribution in [0, 0.1) is 11.3 Å². The third-order valence-electron chi connectivity index (χ3n) is 2.78. The van der Waals surface area contributed by atoms with Gasteiger partial charge in [-0.1, -0.05) is 25.1 Å². The summed E-state index contributed by atoms with van der Waals surface area (Å²) < 4.78 is 1.77. The molecule has 1 aromatic carbocycles. The van der Waals surface area contributed by atoms with Crippen molar-refractivity contribution < 1.29 is 0 Å². The van der Waals surface area contributed by atoms with Crippen LogP contribution in [0.3, 0.4) is 0 Å². The molecule has 2 rings (SSSR count). The van der Waals surface area contributed by atoms with Gasteiger partial charge in [0.25, 0.3) is 0 Å². The molecule has 0 spiro atoms. The highest BCUT2D eigenvalue weighted by Gasteiger charge is 2.12. The monoisotopic (exact) mass is 226 g/mol. The number of imidazole rings is 1. The van der Waals surface area contributed by atoms with E-state index in [1.165, 1.54) is 0 Å². The van der Waals surface area contributed by atoms with Crippen LogP contribution < -0.4 is 5.73 Å². The number of nitrogens with two attached hydrogens (primary N) is 1. The van der Waals surface area contributed by atoms with E-state index in [0.717, 1.165) is 17.7 Å². The molecule has 1 aromatic heterocycles. The molecular weight excluding hydrogens is 212 g/mol. The number of benzene rings is 1. The smallest absolute Gasteiger partial charge is 0.217 e. The second kappa shape index (κ2) is 4.81. The molecule has 1 heterocycles. The van der Waals surface area contributed by atoms with Crippen LogP contribution in [-0.4, -0.2) is 9.55 Å². The lowest BCUT2D eigenvalue weighted by molar-refractivity contribution is 0.692. The second-order valence-electron chi connectivity index (χ2n) is 3.81. The molecule has 4 heteroatoms. The Morgan fingerprint density at radius 1 is 1.47 bits per heavy atom. The van der Waals surface area contributed by atoms with Crippen molar-refractivity contribution in [2.75, 3.05) is 0 Å². The van der Waals surface area contributed by atoms with Crippen molar-refractivity contribution >= 4 is 0 Å². The predicted molar refractivity (Wildman–Crippen MR) is 65.5 cm³/mol. The van der Waals surface area contributed by atoms with E-state index in [2.05, 4.69) is 11.1 Å². The molecule has 1 atom stereocenters. The summed E-state index contributed by atoms with van der Waals surface area (Å²) in [6.07, 6.45) is 4.25. The maximum atomic E-state index is 8.99. The van der Waals surface area contributed by atoms with Gasteiger partial charge in [0.05, 0.1) is 5.69 Å². The summed E-state index contributed by atoms with van der Waals surface area (Å²) in [6.45, 7) is 2.04. The van der Waals surface area contributed by atoms with E-state index < -0.39 is 0 Å². The molecule has 0 fully saturated rings. The average Bonchev–Trinajstić information content (AvgIpc) is 2.86. The number of nitriles is 1. The summed E-state index contributed by atoms with van der Waals surface area (Å²) in [5.74, 6) is 0.376. The van der Waals surface area contributed by atoms with Crippen LogP contribution in [0.5, 0.6) is 0 Å². The summed E-state index contributed by atoms with van der Waals surface area (Å²) >= 11 is 0. The fourth-order valence-electron chi connectivity index (χ4n) is 1.82. The highest BCUT2D eigenvalue weighted by molar-refractivity contribution is 5.45. The molecule has 0 saturated heterocycles. The molecule has 2 N–H and O–H groups in total. The van der Waals surface area contributed by atoms with Crippen molar-refractivity contribution in [3.63, 3.8) is 0 Å². The Kier molecular flexibility index (Phi) is 3.22. The quantitative estimate of drug-likeness (QED) is 0.871. The molecular formula is C13H14N4. The fraction of sp³-hybridized carbons (Fsp3) is 0.231. The molecule has 0 amide bonds. The van der Waals surface area contributed by atoms with Gasteiger partial charge in [-0.05, 0) is 18.1 Å². The zero-order chi connectivity index (χ0) is 12.3. The minimum absolute atomic E-state index is 0.0276. The molecule has 17 heavy (non-hydrogen) atoms. The van der Waals surface area contributed by atoms with Crippen molar-refractivity contribution in [3.05, 3.63) is 48.0 Å². The molecule has 0 aliphatic rings. The van der Waals surface area contributed by atoms with Gasteiger partial charge >= 0.3 is 0 Å². The highest BCUT2D eigenvalue weighted by Crippen LogP contribution is 2.22. The molecule has 0 aliphatic heterocycles. The Hall–Kier alpha value is -2.12. The Morgan fingerprint density at radius 2 is 2.24 bits per heavy atom. The van der Waals surface area contributed by atoms with Gasteiger partial charge in [0.2, 0.25) is 5.82 Å². The normalized spacial score (nSPS) is 12.1. The topological polar surface area (TPSA) is 67.6 Å². The third kappa shape index (κ3) is 2.05. The van der Waals surface area contributed by atoms with Gasteiger partial charge in [-0.15, -0.1) is 0 Å². The van der Waals surface area contributed by atoms with Gasteiger partial charge in [0.1, 0.15) is 6.07 Å². The van der Waals surface area contributed by atoms with Crippen molar-refractivity contribution in [2.24, 2.45) is 5.73 Å². The van der Waals surface area contributed by atoms with Gasteiger partial charge in [-0.3, -0.25) is 4.57 Å². The van der Waals surface area contributed by atoms with Crippen LogP contribution in [0.1, 0.15) is 30.8 Å². The molecule has 0 radical (unpaired) electrons. The zero-order valence-electron chi connectivity index (χ0n) is 9.67. The summed E-state index contributed by atoms with van der Waals surface area (Å²) in [4.78, 5) is 4.00. The summed E-state index contributed by atoms with van der Waals surface area (Å²) in [5, 5.41) is 8.99. The van der Waals surface area contributed by atoms with E-state index in [-0.39, 0.29) is 6.04 Å². The first kappa shape index (κ1) is 11.4. The van der Waals surface area contributed by atoms with Crippen LogP contribution in [0.2, 0.25) is 0 Å². The number of rotatable bonds is 3. The van der Waals surface area contributed by atoms with E-state index in [0.29, 0.717) is 5.82 Å². The second-order valence-corrected chi connectivity index (χ2v) is 3.81. The van der Waals surface area contributed by atoms with Crippen molar-refractivity contribution in [3.8, 4) is 11.8 Å². The van der Waals surface area contributed by atoms with E-state index in [1.54, 1.807) is 17.0 Å². The third-order valence-corrected chi connectivity index (χ3v) is 2.78. The molecule has 0 aliphatic carbocycles. The lowest BCUT2D eigenvalue weighted by Crippen LogP contribution is -2.12. The first-order valence-electron chi connectivity index (χ1n) is 5.56. The Morgan fingerprint density at radius 3 is 2.94 bits per heavy atom. The first-order valence-corrected chi connectivity index (χ1v) is 5.56. The van der Waals surface area contributed by atoms with Crippen LogP contribution in [-0.2, 0) is 0 Å². The van der Waals surface area contributed by atoms with Crippen LogP contribution in [0.4, 0.5) is 0 Å². The zero-order valence-corrected chi connectivity index (χ0v) is 9.67. The largest absolute Gasteiger partial charge is 0.324 e. The van der Waals surface area contributed by atoms with Crippen molar-refractivity contribution in [2.45, 2.75) is 19.4 Å². The molecule has 4 nitrogen and oxygen atoms in total. The SMILES string of the molecule is CC[C@@H](N)c1ccccc1-n1ccnc1C#N. The average molecular weight is 226 g/mol. The molecule has 0 unspecified atom stereocenters. The Balaban J connectivity index is 2.57. The van der Waals surface area contributed by atoms with Crippen LogP contribution >= 0.6 is 0 Å². The van der Waals surface area contributed by atoms with Gasteiger partial charge in [-0.2, -0.15) is 5.26 Å². The fourth-order valence-corrected chi connectivity index (χ4v) is 1.82. The number of hydrogen-bond donors (Lipinski definition) is 1. The van der Waals surface area contributed by atoms with Gasteiger partial charge in [0.15, 0.2) is 0 Å². The molecule has 0 saturated carbocycles. The van der Waals surface area contributed by atoms with E-state index in [4.69, 9.17) is 11.0 Å². The number of para-hydroxylation sites is 1. The minimum atomic E-state index is -0.0276. The van der Waals surface area contributed by atoms with Crippen LogP contribution in [0.25, 0.3) is 5.69 Å². The predicted octanol–water partition coefficient (Wildman–Crippen LogP) is 2.15. The lowest BCUT2D eigenvalue weighted by Gasteiger charge is -2.15. The number of aromatic nitrogens is 2. The summed E-state index contributed by atoms with van der Waals surface area (Å²) in [6, 6.07) is 9.87. The molecule has 86 valence electrons. The van der Waals surface area contributed by atoms with Gasteiger partial charge in [0, 0.05) is 18.4 Å². The molecule has 2 aromatic rings. The maximum Gasteiger partial charge on any atom is 0.217 e. The summed E-state index contributed by atoms with van der Waals surface area (Å²) in [7, 11) is 0. The highest BCUT2D eigenvalue weighted by atomic mass is 15.1. The van der Waals surface area contributed by atoms with E-state index >= 15 is 0 Å². The van der Waals surface area contributed by atoms with Crippen LogP contribution in [0.15, 0.2) is 36.7 Å². The van der Waals surface area contributed by atoms with Crippen molar-refractivity contribution in [1.29, 1.82) is 5.26 Å². The maximum absolute atomic E-state index is 8.99. The number of nitrogens with zero attached hydrogens (tertiary/aromatic N) is 3.